The van der Waals surface area contributed by atoms with Gasteiger partial charge in [0, 0.05) is 6.54 Å². The van der Waals surface area contributed by atoms with Gasteiger partial charge in [0.05, 0.1) is 19.1 Å². The summed E-state index contributed by atoms with van der Waals surface area (Å²) in [6.07, 6.45) is 1.77. The Morgan fingerprint density at radius 3 is 2.27 bits per heavy atom. The Balaban J connectivity index is 2.07. The van der Waals surface area contributed by atoms with E-state index in [0.717, 1.165) is 16.1 Å². The van der Waals surface area contributed by atoms with Crippen molar-refractivity contribution in [2.24, 2.45) is 0 Å². The molecule has 2 aromatic rings. The fourth-order valence-corrected chi connectivity index (χ4v) is 3.84. The van der Waals surface area contributed by atoms with Crippen molar-refractivity contribution in [2.45, 2.75) is 19.4 Å². The molecule has 1 amide bonds. The van der Waals surface area contributed by atoms with Gasteiger partial charge >= 0.3 is 0 Å². The van der Waals surface area contributed by atoms with Gasteiger partial charge in [-0.2, -0.15) is 0 Å². The zero-order valence-electron chi connectivity index (χ0n) is 15.2. The number of benzene rings is 2. The van der Waals surface area contributed by atoms with Crippen molar-refractivity contribution < 1.29 is 17.9 Å². The molecule has 1 atom stereocenters. The van der Waals surface area contributed by atoms with E-state index in [2.05, 4.69) is 5.32 Å². The summed E-state index contributed by atoms with van der Waals surface area (Å²) >= 11 is 0. The van der Waals surface area contributed by atoms with Gasteiger partial charge < -0.3 is 10.1 Å². The molecule has 0 bridgehead atoms. The van der Waals surface area contributed by atoms with E-state index in [9.17, 15) is 13.2 Å². The van der Waals surface area contributed by atoms with Gasteiger partial charge in [-0.05, 0) is 43.2 Å². The molecule has 6 nitrogen and oxygen atoms in total. The third-order valence-corrected chi connectivity index (χ3v) is 5.21. The number of rotatable bonds is 8. The molecule has 0 aliphatic heterocycles. The topological polar surface area (TPSA) is 75.7 Å². The molecule has 0 saturated heterocycles. The first kappa shape index (κ1) is 19.8. The molecule has 2 aromatic carbocycles. The monoisotopic (exact) mass is 376 g/mol. The van der Waals surface area contributed by atoms with Gasteiger partial charge in [0.15, 0.2) is 0 Å². The molecule has 0 aliphatic carbocycles. The van der Waals surface area contributed by atoms with Crippen LogP contribution >= 0.6 is 0 Å². The Kier molecular flexibility index (Phi) is 6.63. The van der Waals surface area contributed by atoms with E-state index in [4.69, 9.17) is 4.74 Å². The van der Waals surface area contributed by atoms with E-state index in [1.807, 2.05) is 30.3 Å². The Bertz CT molecular complexity index is 820. The zero-order valence-corrected chi connectivity index (χ0v) is 16.0. The molecule has 1 N–H and O–H groups in total. The predicted molar refractivity (Wildman–Crippen MR) is 103 cm³/mol. The lowest BCUT2D eigenvalue weighted by Gasteiger charge is -2.28. The number of hydrogen-bond acceptors (Lipinski definition) is 4. The Hall–Kier alpha value is -2.54. The molecule has 7 heteroatoms. The number of ether oxygens (including phenoxy) is 1. The highest BCUT2D eigenvalue weighted by Gasteiger charge is 2.28. The lowest BCUT2D eigenvalue weighted by atomic mass is 10.1. The zero-order chi connectivity index (χ0) is 19.2. The first-order chi connectivity index (χ1) is 12.3. The van der Waals surface area contributed by atoms with Crippen LogP contribution in [0.1, 0.15) is 12.5 Å². The smallest absolute Gasteiger partial charge is 0.243 e. The lowest BCUT2D eigenvalue weighted by molar-refractivity contribution is -0.121. The van der Waals surface area contributed by atoms with Crippen molar-refractivity contribution in [1.82, 2.24) is 5.32 Å². The van der Waals surface area contributed by atoms with Gasteiger partial charge in [-0.3, -0.25) is 9.10 Å². The molecule has 140 valence electrons. The van der Waals surface area contributed by atoms with Crippen LogP contribution in [0.5, 0.6) is 5.75 Å². The number of anilines is 1. The van der Waals surface area contributed by atoms with Crippen molar-refractivity contribution in [1.29, 1.82) is 0 Å². The second-order valence-corrected chi connectivity index (χ2v) is 7.82. The van der Waals surface area contributed by atoms with Crippen molar-refractivity contribution >= 4 is 21.6 Å². The molecule has 0 heterocycles. The fourth-order valence-electron chi connectivity index (χ4n) is 2.66. The summed E-state index contributed by atoms with van der Waals surface area (Å²) in [5.74, 6) is 0.268. The number of hydrogen-bond donors (Lipinski definition) is 1. The first-order valence-corrected chi connectivity index (χ1v) is 10.1. The normalized spacial score (nSPS) is 12.3. The summed E-state index contributed by atoms with van der Waals surface area (Å²) in [6.45, 7) is 2.01. The van der Waals surface area contributed by atoms with E-state index in [-0.39, 0.29) is 5.91 Å². The SMILES string of the molecule is COc1ccc(N([C@H](C)C(=O)NCCc2ccccc2)S(C)(=O)=O)cc1. The second-order valence-electron chi connectivity index (χ2n) is 5.96. The summed E-state index contributed by atoms with van der Waals surface area (Å²) in [5, 5.41) is 2.81. The number of amides is 1. The van der Waals surface area contributed by atoms with Crippen LogP contribution in [0.15, 0.2) is 54.6 Å². The van der Waals surface area contributed by atoms with Crippen LogP contribution in [-0.4, -0.2) is 40.3 Å². The highest BCUT2D eigenvalue weighted by atomic mass is 32.2. The van der Waals surface area contributed by atoms with Crippen molar-refractivity contribution in [2.75, 3.05) is 24.2 Å². The average Bonchev–Trinajstić information content (AvgIpc) is 2.62. The number of sulfonamides is 1. The number of methoxy groups -OCH3 is 1. The highest BCUT2D eigenvalue weighted by molar-refractivity contribution is 7.92. The molecule has 0 fully saturated rings. The minimum atomic E-state index is -3.63. The molecule has 0 spiro atoms. The third kappa shape index (κ3) is 5.23. The van der Waals surface area contributed by atoms with Gasteiger partial charge in [0.1, 0.15) is 11.8 Å². The van der Waals surface area contributed by atoms with Gasteiger partial charge in [0.25, 0.3) is 0 Å². The van der Waals surface area contributed by atoms with E-state index >= 15 is 0 Å². The highest BCUT2D eigenvalue weighted by Crippen LogP contribution is 2.23. The summed E-state index contributed by atoms with van der Waals surface area (Å²) in [5.41, 5.74) is 1.52. The van der Waals surface area contributed by atoms with Crippen molar-refractivity contribution in [3.8, 4) is 5.75 Å². The summed E-state index contributed by atoms with van der Waals surface area (Å²) in [4.78, 5) is 12.5. The van der Waals surface area contributed by atoms with Crippen LogP contribution in [-0.2, 0) is 21.2 Å². The Labute approximate surface area is 154 Å². The molecular formula is C19H24N2O4S. The third-order valence-electron chi connectivity index (χ3n) is 3.97. The summed E-state index contributed by atoms with van der Waals surface area (Å²) in [7, 11) is -2.09. The number of carbonyl (C=O) groups is 1. The lowest BCUT2D eigenvalue weighted by Crippen LogP contribution is -2.48. The minimum Gasteiger partial charge on any atom is -0.497 e. The van der Waals surface area contributed by atoms with Gasteiger partial charge in [-0.25, -0.2) is 8.42 Å². The van der Waals surface area contributed by atoms with E-state index in [1.54, 1.807) is 31.2 Å². The van der Waals surface area contributed by atoms with Gasteiger partial charge in [-0.15, -0.1) is 0 Å². The van der Waals surface area contributed by atoms with Crippen LogP contribution < -0.4 is 14.4 Å². The van der Waals surface area contributed by atoms with Crippen LogP contribution in [0.25, 0.3) is 0 Å². The van der Waals surface area contributed by atoms with E-state index in [0.29, 0.717) is 24.4 Å². The van der Waals surface area contributed by atoms with Crippen molar-refractivity contribution in [3.05, 3.63) is 60.2 Å². The quantitative estimate of drug-likeness (QED) is 0.766. The van der Waals surface area contributed by atoms with Gasteiger partial charge in [-0.1, -0.05) is 30.3 Å². The number of nitrogens with one attached hydrogen (secondary N) is 1. The van der Waals surface area contributed by atoms with Crippen molar-refractivity contribution in [3.63, 3.8) is 0 Å². The Morgan fingerprint density at radius 1 is 1.12 bits per heavy atom. The van der Waals surface area contributed by atoms with Crippen LogP contribution in [0.4, 0.5) is 5.69 Å². The van der Waals surface area contributed by atoms with Crippen LogP contribution in [0.2, 0.25) is 0 Å². The first-order valence-electron chi connectivity index (χ1n) is 8.28. The number of nitrogens with zero attached hydrogens (tertiary/aromatic N) is 1. The van der Waals surface area contributed by atoms with E-state index < -0.39 is 16.1 Å². The summed E-state index contributed by atoms with van der Waals surface area (Å²) in [6, 6.07) is 15.5. The maximum atomic E-state index is 12.5. The van der Waals surface area contributed by atoms with E-state index in [1.165, 1.54) is 7.11 Å². The largest absolute Gasteiger partial charge is 0.497 e. The molecule has 0 aliphatic rings. The van der Waals surface area contributed by atoms with Crippen LogP contribution in [0.3, 0.4) is 0 Å². The molecule has 2 rings (SSSR count). The summed E-state index contributed by atoms with van der Waals surface area (Å²) < 4.78 is 30.7. The van der Waals surface area contributed by atoms with Gasteiger partial charge in [0.2, 0.25) is 15.9 Å². The molecular weight excluding hydrogens is 352 g/mol. The average molecular weight is 376 g/mol. The minimum absolute atomic E-state index is 0.345. The standard InChI is InChI=1S/C19H24N2O4S/c1-15(19(22)20-14-13-16-7-5-4-6-8-16)21(26(3,23)24)17-9-11-18(25-2)12-10-17/h4-12,15H,13-14H2,1-3H3,(H,20,22)/t15-/m1/s1. The van der Waals surface area contributed by atoms with Crippen LogP contribution in [0, 0.1) is 0 Å². The molecule has 0 saturated carbocycles. The molecule has 0 radical (unpaired) electrons. The molecule has 26 heavy (non-hydrogen) atoms. The number of carbonyl (C=O) groups excluding carboxylic acids is 1. The fraction of sp³-hybridized carbons (Fsp3) is 0.316. The molecule has 0 aromatic heterocycles. The Morgan fingerprint density at radius 2 is 1.73 bits per heavy atom. The second kappa shape index (κ2) is 8.71. The maximum absolute atomic E-state index is 12.5. The maximum Gasteiger partial charge on any atom is 0.243 e. The predicted octanol–water partition coefficient (Wildman–Crippen LogP) is 2.21. The molecule has 0 unspecified atom stereocenters.